The summed E-state index contributed by atoms with van der Waals surface area (Å²) in [5.41, 5.74) is 2.54. The molecule has 1 aliphatic heterocycles. The molecule has 0 saturated carbocycles. The van der Waals surface area contributed by atoms with Crippen molar-refractivity contribution >= 4 is 23.4 Å². The maximum absolute atomic E-state index is 12.2. The quantitative estimate of drug-likeness (QED) is 0.653. The van der Waals surface area contributed by atoms with Gasteiger partial charge in [-0.2, -0.15) is 0 Å². The molecule has 1 heterocycles. The SMILES string of the molecule is C[C@@H]1Cc2ccccc2N1CC(=O)NCCSc1ccccc1. The highest BCUT2D eigenvalue weighted by Crippen LogP contribution is 2.31. The Bertz CT molecular complexity index is 659. The molecule has 0 radical (unpaired) electrons. The molecule has 23 heavy (non-hydrogen) atoms. The number of hydrogen-bond acceptors (Lipinski definition) is 3. The first-order chi connectivity index (χ1) is 11.2. The summed E-state index contributed by atoms with van der Waals surface area (Å²) in [5.74, 6) is 0.990. The Morgan fingerprint density at radius 1 is 1.17 bits per heavy atom. The van der Waals surface area contributed by atoms with Crippen LogP contribution in [0.5, 0.6) is 0 Å². The third kappa shape index (κ3) is 4.08. The fourth-order valence-corrected chi connectivity index (χ4v) is 3.75. The predicted molar refractivity (Wildman–Crippen MR) is 97.1 cm³/mol. The van der Waals surface area contributed by atoms with Gasteiger partial charge in [-0.1, -0.05) is 36.4 Å². The number of nitrogens with zero attached hydrogens (tertiary/aromatic N) is 1. The van der Waals surface area contributed by atoms with Gasteiger partial charge in [0.1, 0.15) is 0 Å². The number of benzene rings is 2. The molecule has 120 valence electrons. The van der Waals surface area contributed by atoms with Gasteiger partial charge in [0.15, 0.2) is 0 Å². The molecule has 3 nitrogen and oxygen atoms in total. The first-order valence-corrected chi connectivity index (χ1v) is 9.01. The Morgan fingerprint density at radius 3 is 2.74 bits per heavy atom. The van der Waals surface area contributed by atoms with E-state index >= 15 is 0 Å². The fraction of sp³-hybridized carbons (Fsp3) is 0.316. The van der Waals surface area contributed by atoms with E-state index in [9.17, 15) is 4.79 Å². The summed E-state index contributed by atoms with van der Waals surface area (Å²) in [6, 6.07) is 19.0. The van der Waals surface area contributed by atoms with Crippen LogP contribution in [-0.4, -0.2) is 30.8 Å². The van der Waals surface area contributed by atoms with Gasteiger partial charge in [0, 0.05) is 28.9 Å². The molecule has 1 amide bonds. The number of amides is 1. The number of anilines is 1. The molecule has 0 aromatic heterocycles. The number of hydrogen-bond donors (Lipinski definition) is 1. The maximum atomic E-state index is 12.2. The summed E-state index contributed by atoms with van der Waals surface area (Å²) in [6.07, 6.45) is 1.02. The fourth-order valence-electron chi connectivity index (χ4n) is 2.96. The Kier molecular flexibility index (Phi) is 5.23. The van der Waals surface area contributed by atoms with E-state index in [-0.39, 0.29) is 5.91 Å². The van der Waals surface area contributed by atoms with Crippen molar-refractivity contribution in [2.24, 2.45) is 0 Å². The largest absolute Gasteiger partial charge is 0.359 e. The highest BCUT2D eigenvalue weighted by Gasteiger charge is 2.26. The van der Waals surface area contributed by atoms with Crippen molar-refractivity contribution in [2.75, 3.05) is 23.7 Å². The minimum Gasteiger partial charge on any atom is -0.359 e. The molecule has 0 spiro atoms. The second-order valence-corrected chi connectivity index (χ2v) is 6.99. The molecular weight excluding hydrogens is 304 g/mol. The first kappa shape index (κ1) is 15.9. The van der Waals surface area contributed by atoms with E-state index in [1.165, 1.54) is 16.1 Å². The summed E-state index contributed by atoms with van der Waals surface area (Å²) in [5, 5.41) is 3.03. The van der Waals surface area contributed by atoms with Crippen LogP contribution in [0.2, 0.25) is 0 Å². The van der Waals surface area contributed by atoms with Gasteiger partial charge in [0.05, 0.1) is 6.54 Å². The summed E-state index contributed by atoms with van der Waals surface area (Å²) in [6.45, 7) is 3.31. The Morgan fingerprint density at radius 2 is 1.91 bits per heavy atom. The number of thioether (sulfide) groups is 1. The molecule has 3 rings (SSSR count). The second-order valence-electron chi connectivity index (χ2n) is 5.82. The number of para-hydroxylation sites is 1. The lowest BCUT2D eigenvalue weighted by Gasteiger charge is -2.24. The normalized spacial score (nSPS) is 16.2. The number of nitrogens with one attached hydrogen (secondary N) is 1. The highest BCUT2D eigenvalue weighted by molar-refractivity contribution is 7.99. The average Bonchev–Trinajstić information content (AvgIpc) is 2.88. The number of carbonyl (C=O) groups excluding carboxylic acids is 1. The summed E-state index contributed by atoms with van der Waals surface area (Å²) >= 11 is 1.77. The predicted octanol–water partition coefficient (Wildman–Crippen LogP) is 3.35. The molecule has 0 saturated heterocycles. The zero-order valence-electron chi connectivity index (χ0n) is 13.4. The van der Waals surface area contributed by atoms with E-state index in [2.05, 4.69) is 47.5 Å². The monoisotopic (exact) mass is 326 g/mol. The van der Waals surface area contributed by atoms with Crippen LogP contribution in [0.3, 0.4) is 0 Å². The van der Waals surface area contributed by atoms with Gasteiger partial charge >= 0.3 is 0 Å². The molecule has 1 aliphatic rings. The molecule has 2 aromatic rings. The van der Waals surface area contributed by atoms with Gasteiger partial charge in [-0.25, -0.2) is 0 Å². The minimum atomic E-state index is 0.0993. The molecular formula is C19H22N2OS. The Hall–Kier alpha value is -1.94. The lowest BCUT2D eigenvalue weighted by Crippen LogP contribution is -2.40. The minimum absolute atomic E-state index is 0.0993. The highest BCUT2D eigenvalue weighted by atomic mass is 32.2. The van der Waals surface area contributed by atoms with Crippen molar-refractivity contribution in [1.29, 1.82) is 0 Å². The second kappa shape index (κ2) is 7.55. The van der Waals surface area contributed by atoms with Crippen LogP contribution >= 0.6 is 11.8 Å². The molecule has 0 bridgehead atoms. The lowest BCUT2D eigenvalue weighted by atomic mass is 10.1. The van der Waals surface area contributed by atoms with Crippen molar-refractivity contribution in [3.05, 3.63) is 60.2 Å². The summed E-state index contributed by atoms with van der Waals surface area (Å²) in [4.78, 5) is 15.6. The van der Waals surface area contributed by atoms with E-state index in [4.69, 9.17) is 0 Å². The van der Waals surface area contributed by atoms with Crippen LogP contribution in [0, 0.1) is 0 Å². The molecule has 1 atom stereocenters. The van der Waals surface area contributed by atoms with Crippen LogP contribution in [0.25, 0.3) is 0 Å². The summed E-state index contributed by atoms with van der Waals surface area (Å²) < 4.78 is 0. The molecule has 2 aromatic carbocycles. The van der Waals surface area contributed by atoms with Crippen molar-refractivity contribution in [3.63, 3.8) is 0 Å². The van der Waals surface area contributed by atoms with E-state index in [0.29, 0.717) is 19.1 Å². The van der Waals surface area contributed by atoms with Crippen molar-refractivity contribution in [2.45, 2.75) is 24.3 Å². The van der Waals surface area contributed by atoms with E-state index in [0.717, 1.165) is 12.2 Å². The standard InChI is InChI=1S/C19H22N2OS/c1-15-13-16-7-5-6-10-18(16)21(15)14-19(22)20-11-12-23-17-8-3-2-4-9-17/h2-10,15H,11-14H2,1H3,(H,20,22)/t15-/m1/s1. The zero-order valence-corrected chi connectivity index (χ0v) is 14.2. The third-order valence-electron chi connectivity index (χ3n) is 4.10. The topological polar surface area (TPSA) is 32.3 Å². The maximum Gasteiger partial charge on any atom is 0.239 e. The zero-order chi connectivity index (χ0) is 16.1. The van der Waals surface area contributed by atoms with Crippen LogP contribution in [0.1, 0.15) is 12.5 Å². The number of carbonyl (C=O) groups is 1. The average molecular weight is 326 g/mol. The smallest absolute Gasteiger partial charge is 0.239 e. The molecule has 1 N–H and O–H groups in total. The molecule has 0 unspecified atom stereocenters. The Balaban J connectivity index is 1.45. The van der Waals surface area contributed by atoms with Crippen LogP contribution in [0.15, 0.2) is 59.5 Å². The van der Waals surface area contributed by atoms with Gasteiger partial charge in [-0.3, -0.25) is 4.79 Å². The molecule has 0 fully saturated rings. The van der Waals surface area contributed by atoms with Gasteiger partial charge in [-0.05, 0) is 37.1 Å². The molecule has 4 heteroatoms. The van der Waals surface area contributed by atoms with Gasteiger partial charge < -0.3 is 10.2 Å². The third-order valence-corrected chi connectivity index (χ3v) is 5.11. The van der Waals surface area contributed by atoms with Gasteiger partial charge in [0.2, 0.25) is 5.91 Å². The lowest BCUT2D eigenvalue weighted by molar-refractivity contribution is -0.119. The van der Waals surface area contributed by atoms with Crippen molar-refractivity contribution < 1.29 is 4.79 Å². The van der Waals surface area contributed by atoms with Gasteiger partial charge in [-0.15, -0.1) is 11.8 Å². The van der Waals surface area contributed by atoms with Crippen molar-refractivity contribution in [1.82, 2.24) is 5.32 Å². The Labute approximate surface area is 142 Å². The van der Waals surface area contributed by atoms with E-state index < -0.39 is 0 Å². The summed E-state index contributed by atoms with van der Waals surface area (Å²) in [7, 11) is 0. The number of fused-ring (bicyclic) bond motifs is 1. The first-order valence-electron chi connectivity index (χ1n) is 8.03. The van der Waals surface area contributed by atoms with Crippen molar-refractivity contribution in [3.8, 4) is 0 Å². The molecule has 0 aliphatic carbocycles. The number of rotatable bonds is 6. The van der Waals surface area contributed by atoms with Crippen LogP contribution < -0.4 is 10.2 Å². The van der Waals surface area contributed by atoms with Crippen LogP contribution in [-0.2, 0) is 11.2 Å². The van der Waals surface area contributed by atoms with Crippen LogP contribution in [0.4, 0.5) is 5.69 Å². The van der Waals surface area contributed by atoms with E-state index in [1.54, 1.807) is 11.8 Å². The van der Waals surface area contributed by atoms with E-state index in [1.807, 2.05) is 24.3 Å². The van der Waals surface area contributed by atoms with Gasteiger partial charge in [0.25, 0.3) is 0 Å².